The number of alkyl halides is 4. The fourth-order valence-corrected chi connectivity index (χ4v) is 12.0. The van der Waals surface area contributed by atoms with E-state index in [0.717, 1.165) is 80.6 Å². The average molecular weight is 987 g/mol. The summed E-state index contributed by atoms with van der Waals surface area (Å²) < 4.78 is 72.4. The molecule has 75 heavy (non-hydrogen) atoms. The summed E-state index contributed by atoms with van der Waals surface area (Å²) in [6.45, 7) is 28.0. The Hall–Kier alpha value is -8.72. The molecule has 0 spiro atoms. The van der Waals surface area contributed by atoms with Gasteiger partial charge in [-0.1, -0.05) is 173 Å². The van der Waals surface area contributed by atoms with Crippen LogP contribution in [0.5, 0.6) is 0 Å². The van der Waals surface area contributed by atoms with Gasteiger partial charge in [0.05, 0.1) is 41.3 Å². The Kier molecular flexibility index (Phi) is 10.5. The lowest BCUT2D eigenvalue weighted by Crippen LogP contribution is -2.39. The smallest absolute Gasteiger partial charge is 0.285 e. The summed E-state index contributed by atoms with van der Waals surface area (Å²) in [6.07, 6.45) is 0. The molecule has 0 saturated carbocycles. The molecule has 0 saturated heterocycles. The predicted molar refractivity (Wildman–Crippen MR) is 296 cm³/mol. The Balaban J connectivity index is 1.27. The van der Waals surface area contributed by atoms with Crippen molar-refractivity contribution < 1.29 is 17.6 Å². The van der Waals surface area contributed by atoms with Gasteiger partial charge in [0.2, 0.25) is 11.4 Å². The number of rotatable bonds is 6. The van der Waals surface area contributed by atoms with Gasteiger partial charge in [-0.15, -0.1) is 0 Å². The summed E-state index contributed by atoms with van der Waals surface area (Å²) in [6, 6.07) is 63.4. The molecule has 0 radical (unpaired) electrons. The van der Waals surface area contributed by atoms with Crippen molar-refractivity contribution in [2.24, 2.45) is 5.41 Å². The van der Waals surface area contributed by atoms with E-state index in [2.05, 4.69) is 61.7 Å². The molecule has 0 N–H and O–H groups in total. The minimum atomic E-state index is -4.26. The molecule has 9 aromatic carbocycles. The van der Waals surface area contributed by atoms with Crippen LogP contribution in [-0.4, -0.2) is 0 Å². The Bertz CT molecular complexity index is 3700. The molecule has 0 bridgehead atoms. The van der Waals surface area contributed by atoms with Gasteiger partial charge in [-0.05, 0) is 129 Å². The zero-order valence-electron chi connectivity index (χ0n) is 42.3. The maximum Gasteiger partial charge on any atom is 0.285 e. The molecule has 2 aliphatic heterocycles. The van der Waals surface area contributed by atoms with Crippen molar-refractivity contribution in [2.45, 2.75) is 64.2 Å². The zero-order valence-corrected chi connectivity index (χ0v) is 42.3. The van der Waals surface area contributed by atoms with Crippen LogP contribution in [0.2, 0.25) is 0 Å². The van der Waals surface area contributed by atoms with E-state index in [1.807, 2.05) is 175 Å². The molecule has 0 aromatic heterocycles. The van der Waals surface area contributed by atoms with Crippen LogP contribution in [0.1, 0.15) is 74.9 Å². The summed E-state index contributed by atoms with van der Waals surface area (Å²) in [5, 5.41) is 0. The average Bonchev–Trinajstić information content (AvgIpc) is 3.63. The third-order valence-electron chi connectivity index (χ3n) is 16.3. The maximum atomic E-state index is 18.5. The van der Waals surface area contributed by atoms with Crippen molar-refractivity contribution in [3.8, 4) is 44.5 Å². The van der Waals surface area contributed by atoms with Gasteiger partial charge in [0.1, 0.15) is 0 Å². The van der Waals surface area contributed by atoms with Crippen molar-refractivity contribution >= 4 is 45.5 Å². The monoisotopic (exact) mass is 986 g/mol. The topological polar surface area (TPSA) is 15.2 Å². The minimum Gasteiger partial charge on any atom is -0.319 e. The van der Waals surface area contributed by atoms with Crippen LogP contribution < -0.4 is 9.80 Å². The summed E-state index contributed by atoms with van der Waals surface area (Å²) in [5.74, 6) is -8.52. The van der Waals surface area contributed by atoms with Crippen molar-refractivity contribution in [1.82, 2.24) is 0 Å². The minimum absolute atomic E-state index is 0.0864. The molecule has 12 rings (SSSR count). The highest BCUT2D eigenvalue weighted by molar-refractivity contribution is 6.09. The van der Waals surface area contributed by atoms with Crippen LogP contribution in [0.25, 0.3) is 54.2 Å². The molecular weight excluding hydrogens is 937 g/mol. The lowest BCUT2D eigenvalue weighted by atomic mass is 9.71. The largest absolute Gasteiger partial charge is 0.319 e. The lowest BCUT2D eigenvalue weighted by Gasteiger charge is -2.47. The third-order valence-corrected chi connectivity index (χ3v) is 16.3. The predicted octanol–water partition coefficient (Wildman–Crippen LogP) is 19.9. The highest BCUT2D eigenvalue weighted by Crippen LogP contribution is 2.74. The first-order valence-electron chi connectivity index (χ1n) is 25.1. The maximum absolute atomic E-state index is 18.5. The Morgan fingerprint density at radius 3 is 0.907 bits per heavy atom. The van der Waals surface area contributed by atoms with E-state index in [1.165, 1.54) is 0 Å². The quantitative estimate of drug-likeness (QED) is 0.122. The van der Waals surface area contributed by atoms with Gasteiger partial charge >= 0.3 is 0 Å². The van der Waals surface area contributed by atoms with E-state index < -0.39 is 50.6 Å². The van der Waals surface area contributed by atoms with Crippen molar-refractivity contribution in [3.63, 3.8) is 0 Å². The molecule has 0 amide bonds. The number of benzene rings is 9. The molecule has 8 heteroatoms. The van der Waals surface area contributed by atoms with Crippen LogP contribution in [0.4, 0.5) is 63.1 Å². The van der Waals surface area contributed by atoms with Crippen molar-refractivity contribution in [3.05, 3.63) is 250 Å². The van der Waals surface area contributed by atoms with E-state index in [-0.39, 0.29) is 11.4 Å². The molecule has 3 aliphatic rings. The van der Waals surface area contributed by atoms with Gasteiger partial charge in [0.15, 0.2) is 0 Å². The van der Waals surface area contributed by atoms with Crippen LogP contribution in [-0.2, 0) is 22.7 Å². The SMILES string of the molecule is [C-]#[N+]c1c([N+]#[C-])c2c(c(N3c4ccc(-c5ccccc5)cc4C(C)(C)c4cc(-c5ccccc5)ccc43)c1N1c3ccc(-c4ccccc4)cc3C(C)(C)c3cc(-c4ccccc4)ccc31)C(F)(F)C(C)(C)C2(F)F. The summed E-state index contributed by atoms with van der Waals surface area (Å²) in [5.41, 5.74) is 4.31. The van der Waals surface area contributed by atoms with Crippen LogP contribution in [0, 0.1) is 18.6 Å². The zero-order chi connectivity index (χ0) is 52.4. The molecule has 1 aliphatic carbocycles. The molecule has 2 heterocycles. The lowest BCUT2D eigenvalue weighted by molar-refractivity contribution is -0.212. The highest BCUT2D eigenvalue weighted by Gasteiger charge is 2.73. The number of nitrogens with zero attached hydrogens (tertiary/aromatic N) is 4. The molecular formula is C67H50F4N4. The molecule has 0 unspecified atom stereocenters. The van der Waals surface area contributed by atoms with E-state index >= 15 is 17.6 Å². The standard InChI is InChI=1S/C67H50F4N4/c1-63(2)49-37-45(41-21-13-9-14-22-41)29-33-53(49)74(54-34-30-46(38-50(54)63)42-23-15-10-16-24-42)61-58-57(66(68,69)65(5,6)67(58,70)71)59(72-7)60(73-8)62(61)75-55-35-31-47(43-25-17-11-18-26-43)39-51(55)64(3,4)52-40-48(32-36-56(52)75)44-27-19-12-20-28-44/h9-40H,1-6H3. The van der Waals surface area contributed by atoms with Crippen LogP contribution in [0.15, 0.2) is 194 Å². The summed E-state index contributed by atoms with van der Waals surface area (Å²) >= 11 is 0. The van der Waals surface area contributed by atoms with E-state index in [0.29, 0.717) is 22.7 Å². The van der Waals surface area contributed by atoms with Crippen molar-refractivity contribution in [1.29, 1.82) is 0 Å². The second-order valence-corrected chi connectivity index (χ2v) is 21.5. The first kappa shape index (κ1) is 47.3. The van der Waals surface area contributed by atoms with Gasteiger partial charge in [-0.25, -0.2) is 27.3 Å². The Labute approximate surface area is 435 Å². The van der Waals surface area contributed by atoms with E-state index in [9.17, 15) is 0 Å². The van der Waals surface area contributed by atoms with Gasteiger partial charge in [-0.3, -0.25) is 0 Å². The van der Waals surface area contributed by atoms with E-state index in [1.54, 1.807) is 4.90 Å². The van der Waals surface area contributed by atoms with Crippen LogP contribution >= 0.6 is 0 Å². The fourth-order valence-electron chi connectivity index (χ4n) is 12.0. The number of anilines is 6. The molecule has 0 atom stereocenters. The summed E-state index contributed by atoms with van der Waals surface area (Å²) in [4.78, 5) is 11.3. The number of halogens is 4. The Morgan fingerprint density at radius 2 is 0.613 bits per heavy atom. The number of hydrogen-bond donors (Lipinski definition) is 0. The molecule has 366 valence electrons. The second kappa shape index (κ2) is 16.6. The number of fused-ring (bicyclic) bond motifs is 5. The summed E-state index contributed by atoms with van der Waals surface area (Å²) in [7, 11) is 0. The molecule has 4 nitrogen and oxygen atoms in total. The normalized spacial score (nSPS) is 16.6. The second-order valence-electron chi connectivity index (χ2n) is 21.5. The first-order valence-corrected chi connectivity index (χ1v) is 25.1. The van der Waals surface area contributed by atoms with E-state index in [4.69, 9.17) is 13.1 Å². The first-order chi connectivity index (χ1) is 35.9. The van der Waals surface area contributed by atoms with Crippen LogP contribution in [0.3, 0.4) is 0 Å². The number of hydrogen-bond acceptors (Lipinski definition) is 2. The molecule has 0 fully saturated rings. The third kappa shape index (κ3) is 6.72. The Morgan fingerprint density at radius 1 is 0.333 bits per heavy atom. The van der Waals surface area contributed by atoms with Crippen molar-refractivity contribution in [2.75, 3.05) is 9.80 Å². The highest BCUT2D eigenvalue weighted by atomic mass is 19.3. The van der Waals surface area contributed by atoms with Gasteiger partial charge in [0, 0.05) is 33.3 Å². The van der Waals surface area contributed by atoms with Gasteiger partial charge < -0.3 is 9.80 Å². The molecule has 9 aromatic rings. The van der Waals surface area contributed by atoms with Gasteiger partial charge in [0.25, 0.3) is 11.8 Å². The fraction of sp³-hybridized carbons (Fsp3) is 0.164. The van der Waals surface area contributed by atoms with Gasteiger partial charge in [-0.2, -0.15) is 0 Å².